The highest BCUT2D eigenvalue weighted by molar-refractivity contribution is 4.97. The predicted molar refractivity (Wildman–Crippen MR) is 69.4 cm³/mol. The summed E-state index contributed by atoms with van der Waals surface area (Å²) in [5, 5.41) is 0. The van der Waals surface area contributed by atoms with E-state index in [-0.39, 0.29) is 5.54 Å². The Kier molecular flexibility index (Phi) is 3.60. The molecule has 1 aliphatic carbocycles. The highest BCUT2D eigenvalue weighted by atomic mass is 15.2. The summed E-state index contributed by atoms with van der Waals surface area (Å²) in [6.45, 7) is 9.21. The van der Waals surface area contributed by atoms with Gasteiger partial charge in [-0.1, -0.05) is 26.2 Å². The average molecular weight is 224 g/mol. The third kappa shape index (κ3) is 2.28. The molecule has 0 amide bonds. The van der Waals surface area contributed by atoms with Gasteiger partial charge in [-0.3, -0.25) is 4.90 Å². The lowest BCUT2D eigenvalue weighted by atomic mass is 9.75. The molecule has 0 radical (unpaired) electrons. The fourth-order valence-corrected chi connectivity index (χ4v) is 3.69. The Bertz CT molecular complexity index is 237. The first-order valence-electron chi connectivity index (χ1n) is 7.02. The van der Waals surface area contributed by atoms with Crippen LogP contribution in [0.2, 0.25) is 0 Å². The molecule has 3 unspecified atom stereocenters. The first-order valence-corrected chi connectivity index (χ1v) is 7.02. The van der Waals surface area contributed by atoms with Crippen LogP contribution in [0, 0.1) is 11.8 Å². The summed E-state index contributed by atoms with van der Waals surface area (Å²) in [4.78, 5) is 2.69. The van der Waals surface area contributed by atoms with Crippen LogP contribution in [0.25, 0.3) is 0 Å². The second-order valence-corrected chi connectivity index (χ2v) is 6.54. The molecule has 2 N–H and O–H groups in total. The van der Waals surface area contributed by atoms with Crippen molar-refractivity contribution in [3.63, 3.8) is 0 Å². The van der Waals surface area contributed by atoms with Gasteiger partial charge in [-0.2, -0.15) is 0 Å². The Morgan fingerprint density at radius 3 is 2.38 bits per heavy atom. The van der Waals surface area contributed by atoms with Crippen LogP contribution in [0.1, 0.15) is 52.9 Å². The van der Waals surface area contributed by atoms with E-state index in [2.05, 4.69) is 25.7 Å². The van der Waals surface area contributed by atoms with E-state index in [1.54, 1.807) is 0 Å². The average Bonchev–Trinajstić information content (AvgIpc) is 2.52. The molecule has 1 aliphatic heterocycles. The van der Waals surface area contributed by atoms with Gasteiger partial charge in [0, 0.05) is 24.7 Å². The molecule has 2 nitrogen and oxygen atoms in total. The number of nitrogens with two attached hydrogens (primary N) is 1. The standard InChI is InChI=1S/C14H28N2/c1-11-7-12(2)16(9-11)14(3,10-15)8-13-5-4-6-13/h11-13H,4-10,15H2,1-3H3. The van der Waals surface area contributed by atoms with Crippen molar-refractivity contribution in [2.24, 2.45) is 17.6 Å². The maximum atomic E-state index is 6.08. The fourth-order valence-electron chi connectivity index (χ4n) is 3.69. The third-order valence-electron chi connectivity index (χ3n) is 4.87. The van der Waals surface area contributed by atoms with Crippen LogP contribution in [-0.4, -0.2) is 29.6 Å². The minimum absolute atomic E-state index is 0.259. The molecular formula is C14H28N2. The number of nitrogens with zero attached hydrogens (tertiary/aromatic N) is 1. The Labute approximate surface area is 101 Å². The molecule has 0 aromatic rings. The highest BCUT2D eigenvalue weighted by Crippen LogP contribution is 2.39. The number of hydrogen-bond acceptors (Lipinski definition) is 2. The maximum Gasteiger partial charge on any atom is 0.0309 e. The van der Waals surface area contributed by atoms with Crippen LogP contribution in [0.4, 0.5) is 0 Å². The van der Waals surface area contributed by atoms with Crippen molar-refractivity contribution >= 4 is 0 Å². The zero-order valence-corrected chi connectivity index (χ0v) is 11.2. The molecule has 1 saturated heterocycles. The monoisotopic (exact) mass is 224 g/mol. The molecule has 0 aromatic carbocycles. The van der Waals surface area contributed by atoms with Crippen molar-refractivity contribution in [3.8, 4) is 0 Å². The van der Waals surface area contributed by atoms with E-state index in [1.807, 2.05) is 0 Å². The molecule has 3 atom stereocenters. The summed E-state index contributed by atoms with van der Waals surface area (Å²) < 4.78 is 0. The van der Waals surface area contributed by atoms with E-state index in [9.17, 15) is 0 Å². The molecule has 1 heterocycles. The summed E-state index contributed by atoms with van der Waals surface area (Å²) in [5.74, 6) is 1.80. The molecule has 2 fully saturated rings. The summed E-state index contributed by atoms with van der Waals surface area (Å²) >= 11 is 0. The third-order valence-corrected chi connectivity index (χ3v) is 4.87. The van der Waals surface area contributed by atoms with Gasteiger partial charge in [-0.25, -0.2) is 0 Å². The summed E-state index contributed by atoms with van der Waals surface area (Å²) in [6.07, 6.45) is 6.98. The van der Waals surface area contributed by atoms with Crippen LogP contribution in [0.5, 0.6) is 0 Å². The summed E-state index contributed by atoms with van der Waals surface area (Å²) in [5.41, 5.74) is 6.34. The number of rotatable bonds is 4. The van der Waals surface area contributed by atoms with Crippen molar-refractivity contribution in [3.05, 3.63) is 0 Å². The van der Waals surface area contributed by atoms with Crippen LogP contribution in [0.3, 0.4) is 0 Å². The minimum atomic E-state index is 0.259. The normalized spacial score (nSPS) is 36.0. The van der Waals surface area contributed by atoms with Gasteiger partial charge in [0.1, 0.15) is 0 Å². The zero-order chi connectivity index (χ0) is 11.8. The van der Waals surface area contributed by atoms with Gasteiger partial charge in [0.25, 0.3) is 0 Å². The molecule has 2 aliphatic rings. The molecule has 2 heteroatoms. The molecule has 16 heavy (non-hydrogen) atoms. The van der Waals surface area contributed by atoms with Crippen LogP contribution in [-0.2, 0) is 0 Å². The van der Waals surface area contributed by atoms with E-state index < -0.39 is 0 Å². The predicted octanol–water partition coefficient (Wildman–Crippen LogP) is 2.62. The van der Waals surface area contributed by atoms with Crippen molar-refractivity contribution in [2.75, 3.05) is 13.1 Å². The summed E-state index contributed by atoms with van der Waals surface area (Å²) in [7, 11) is 0. The van der Waals surface area contributed by atoms with Crippen LogP contribution in [0.15, 0.2) is 0 Å². The van der Waals surface area contributed by atoms with Gasteiger partial charge in [0.15, 0.2) is 0 Å². The lowest BCUT2D eigenvalue weighted by Crippen LogP contribution is -2.54. The zero-order valence-electron chi connectivity index (χ0n) is 11.2. The fraction of sp³-hybridized carbons (Fsp3) is 1.00. The number of likely N-dealkylation sites (tertiary alicyclic amines) is 1. The topological polar surface area (TPSA) is 29.3 Å². The molecule has 0 bridgehead atoms. The van der Waals surface area contributed by atoms with Crippen LogP contribution >= 0.6 is 0 Å². The van der Waals surface area contributed by atoms with Gasteiger partial charge in [-0.15, -0.1) is 0 Å². The summed E-state index contributed by atoms with van der Waals surface area (Å²) in [6, 6.07) is 0.726. The Morgan fingerprint density at radius 1 is 1.31 bits per heavy atom. The van der Waals surface area contributed by atoms with Gasteiger partial charge < -0.3 is 5.73 Å². The highest BCUT2D eigenvalue weighted by Gasteiger charge is 2.40. The van der Waals surface area contributed by atoms with Crippen molar-refractivity contribution in [2.45, 2.75) is 64.5 Å². The van der Waals surface area contributed by atoms with Gasteiger partial charge >= 0.3 is 0 Å². The first-order chi connectivity index (χ1) is 7.55. The minimum Gasteiger partial charge on any atom is -0.329 e. The van der Waals surface area contributed by atoms with E-state index in [1.165, 1.54) is 38.6 Å². The Hall–Kier alpha value is -0.0800. The quantitative estimate of drug-likeness (QED) is 0.795. The lowest BCUT2D eigenvalue weighted by Gasteiger charge is -2.45. The van der Waals surface area contributed by atoms with E-state index in [0.29, 0.717) is 0 Å². The smallest absolute Gasteiger partial charge is 0.0309 e. The Balaban J connectivity index is 2.01. The van der Waals surface area contributed by atoms with E-state index in [0.717, 1.165) is 24.4 Å². The molecule has 1 saturated carbocycles. The lowest BCUT2D eigenvalue weighted by molar-refractivity contribution is 0.0607. The Morgan fingerprint density at radius 2 is 2.00 bits per heavy atom. The molecule has 0 aromatic heterocycles. The van der Waals surface area contributed by atoms with E-state index >= 15 is 0 Å². The molecule has 2 rings (SSSR count). The van der Waals surface area contributed by atoms with Gasteiger partial charge in [-0.05, 0) is 38.5 Å². The second kappa shape index (κ2) is 4.66. The molecule has 94 valence electrons. The first kappa shape index (κ1) is 12.4. The van der Waals surface area contributed by atoms with Gasteiger partial charge in [0.2, 0.25) is 0 Å². The largest absolute Gasteiger partial charge is 0.329 e. The maximum absolute atomic E-state index is 6.08. The van der Waals surface area contributed by atoms with Gasteiger partial charge in [0.05, 0.1) is 0 Å². The molecular weight excluding hydrogens is 196 g/mol. The van der Waals surface area contributed by atoms with Crippen molar-refractivity contribution < 1.29 is 0 Å². The van der Waals surface area contributed by atoms with E-state index in [4.69, 9.17) is 5.73 Å². The van der Waals surface area contributed by atoms with Crippen molar-refractivity contribution in [1.29, 1.82) is 0 Å². The molecule has 0 spiro atoms. The SMILES string of the molecule is CC1CC(C)N(C(C)(CN)CC2CCC2)C1. The van der Waals surface area contributed by atoms with Crippen LogP contribution < -0.4 is 5.73 Å². The second-order valence-electron chi connectivity index (χ2n) is 6.54. The van der Waals surface area contributed by atoms with Crippen molar-refractivity contribution in [1.82, 2.24) is 4.90 Å². The number of hydrogen-bond donors (Lipinski definition) is 1.